The van der Waals surface area contributed by atoms with Gasteiger partial charge in [-0.15, -0.1) is 0 Å². The van der Waals surface area contributed by atoms with Crippen molar-refractivity contribution in [3.05, 3.63) is 53.2 Å². The van der Waals surface area contributed by atoms with Crippen LogP contribution in [0.4, 0.5) is 4.39 Å². The number of hydrogen-bond donors (Lipinski definition) is 2. The Morgan fingerprint density at radius 2 is 2.17 bits per heavy atom. The molecule has 2 fully saturated rings. The maximum atomic E-state index is 13.2. The minimum absolute atomic E-state index is 0.192. The lowest BCUT2D eigenvalue weighted by Gasteiger charge is -2.28. The number of benzene rings is 1. The molecule has 0 bridgehead atoms. The molecular formula is C18H23FN4O. The second-order valence-corrected chi connectivity index (χ2v) is 6.83. The van der Waals surface area contributed by atoms with E-state index in [9.17, 15) is 4.39 Å². The first kappa shape index (κ1) is 15.7. The Morgan fingerprint density at radius 3 is 2.92 bits per heavy atom. The van der Waals surface area contributed by atoms with Crippen LogP contribution in [0.5, 0.6) is 0 Å². The summed E-state index contributed by atoms with van der Waals surface area (Å²) in [6.45, 7) is 4.91. The topological polar surface area (TPSA) is 53.3 Å². The molecule has 0 amide bonds. The molecule has 2 N–H and O–H groups in total. The van der Waals surface area contributed by atoms with Gasteiger partial charge >= 0.3 is 0 Å². The summed E-state index contributed by atoms with van der Waals surface area (Å²) in [5, 5.41) is 4.22. The molecule has 4 rings (SSSR count). The molecule has 24 heavy (non-hydrogen) atoms. The van der Waals surface area contributed by atoms with Crippen molar-refractivity contribution >= 4 is 0 Å². The molecule has 0 aliphatic carbocycles. The van der Waals surface area contributed by atoms with E-state index in [1.165, 1.54) is 18.6 Å². The molecule has 3 heterocycles. The lowest BCUT2D eigenvalue weighted by atomic mass is 9.94. The average molecular weight is 330 g/mol. The lowest BCUT2D eigenvalue weighted by Crippen LogP contribution is -2.33. The standard InChI is InChI=1S/C18H23FN4O/c1-12-9-16(22-24-12)17-3-2-8-23(17)11-14-10-20-21-18(14)13-4-6-15(19)7-5-13/h4-7,9,14,17-18,20-21H,2-3,8,10-11H2,1H3. The SMILES string of the molecule is Cc1cc(C2CCCN2CC2CNNC2c2ccc(F)cc2)no1. The van der Waals surface area contributed by atoms with Gasteiger partial charge in [-0.3, -0.25) is 10.3 Å². The van der Waals surface area contributed by atoms with Gasteiger partial charge in [-0.2, -0.15) is 0 Å². The van der Waals surface area contributed by atoms with Gasteiger partial charge in [0.2, 0.25) is 0 Å². The zero-order valence-corrected chi connectivity index (χ0v) is 13.8. The highest BCUT2D eigenvalue weighted by Gasteiger charge is 2.35. The van der Waals surface area contributed by atoms with Gasteiger partial charge in [0.15, 0.2) is 0 Å². The number of nitrogens with one attached hydrogen (secondary N) is 2. The molecular weight excluding hydrogens is 307 g/mol. The predicted molar refractivity (Wildman–Crippen MR) is 88.6 cm³/mol. The highest BCUT2D eigenvalue weighted by molar-refractivity contribution is 5.22. The largest absolute Gasteiger partial charge is 0.361 e. The van der Waals surface area contributed by atoms with Crippen molar-refractivity contribution in [3.8, 4) is 0 Å². The highest BCUT2D eigenvalue weighted by Crippen LogP contribution is 2.34. The summed E-state index contributed by atoms with van der Waals surface area (Å²) in [5.41, 5.74) is 8.77. The number of nitrogens with zero attached hydrogens (tertiary/aromatic N) is 2. The van der Waals surface area contributed by atoms with Crippen LogP contribution >= 0.6 is 0 Å². The van der Waals surface area contributed by atoms with E-state index >= 15 is 0 Å². The van der Waals surface area contributed by atoms with E-state index in [0.29, 0.717) is 12.0 Å². The number of hydrogen-bond acceptors (Lipinski definition) is 5. The number of likely N-dealkylation sites (tertiary alicyclic amines) is 1. The number of hydrazine groups is 1. The summed E-state index contributed by atoms with van der Waals surface area (Å²) < 4.78 is 18.4. The molecule has 2 aliphatic rings. The van der Waals surface area contributed by atoms with Crippen LogP contribution in [0.2, 0.25) is 0 Å². The predicted octanol–water partition coefficient (Wildman–Crippen LogP) is 2.72. The van der Waals surface area contributed by atoms with E-state index in [1.807, 2.05) is 25.1 Å². The van der Waals surface area contributed by atoms with Crippen LogP contribution in [0.15, 0.2) is 34.9 Å². The first-order valence-electron chi connectivity index (χ1n) is 8.62. The second kappa shape index (κ2) is 6.63. The van der Waals surface area contributed by atoms with Crippen LogP contribution in [0, 0.1) is 18.7 Å². The summed E-state index contributed by atoms with van der Waals surface area (Å²) in [5.74, 6) is 1.11. The molecule has 0 spiro atoms. The third kappa shape index (κ3) is 3.09. The van der Waals surface area contributed by atoms with Crippen molar-refractivity contribution < 1.29 is 8.91 Å². The number of halogens is 1. The number of aromatic nitrogens is 1. The Kier molecular flexibility index (Phi) is 4.35. The van der Waals surface area contributed by atoms with Gasteiger partial charge in [0.25, 0.3) is 0 Å². The van der Waals surface area contributed by atoms with Crippen molar-refractivity contribution in [1.82, 2.24) is 20.9 Å². The Labute approximate surface area is 141 Å². The van der Waals surface area contributed by atoms with Crippen molar-refractivity contribution in [1.29, 1.82) is 0 Å². The zero-order valence-electron chi connectivity index (χ0n) is 13.8. The highest BCUT2D eigenvalue weighted by atomic mass is 19.1. The van der Waals surface area contributed by atoms with Crippen molar-refractivity contribution in [2.75, 3.05) is 19.6 Å². The summed E-state index contributed by atoms with van der Waals surface area (Å²) in [4.78, 5) is 2.51. The molecule has 0 radical (unpaired) electrons. The van der Waals surface area contributed by atoms with Crippen LogP contribution in [0.1, 0.15) is 41.9 Å². The quantitative estimate of drug-likeness (QED) is 0.903. The van der Waals surface area contributed by atoms with Crippen LogP contribution < -0.4 is 10.9 Å². The minimum Gasteiger partial charge on any atom is -0.361 e. The Balaban J connectivity index is 1.48. The molecule has 2 aromatic rings. The zero-order chi connectivity index (χ0) is 16.5. The fourth-order valence-electron chi connectivity index (χ4n) is 3.95. The Hall–Kier alpha value is -1.76. The Bertz CT molecular complexity index is 687. The molecule has 3 unspecified atom stereocenters. The second-order valence-electron chi connectivity index (χ2n) is 6.83. The molecule has 0 saturated carbocycles. The van der Waals surface area contributed by atoms with Crippen LogP contribution in [-0.4, -0.2) is 29.7 Å². The normalized spacial score (nSPS) is 27.8. The molecule has 2 aliphatic heterocycles. The summed E-state index contributed by atoms with van der Waals surface area (Å²) in [6, 6.07) is 9.39. The summed E-state index contributed by atoms with van der Waals surface area (Å²) in [6.07, 6.45) is 2.31. The van der Waals surface area contributed by atoms with E-state index in [-0.39, 0.29) is 11.9 Å². The molecule has 2 saturated heterocycles. The van der Waals surface area contributed by atoms with Crippen molar-refractivity contribution in [2.24, 2.45) is 5.92 Å². The van der Waals surface area contributed by atoms with E-state index in [1.54, 1.807) is 0 Å². The fraction of sp³-hybridized carbons (Fsp3) is 0.500. The number of rotatable bonds is 4. The third-order valence-corrected chi connectivity index (χ3v) is 5.14. The Morgan fingerprint density at radius 1 is 1.33 bits per heavy atom. The first-order valence-corrected chi connectivity index (χ1v) is 8.62. The summed E-state index contributed by atoms with van der Waals surface area (Å²) in [7, 11) is 0. The maximum Gasteiger partial charge on any atom is 0.133 e. The summed E-state index contributed by atoms with van der Waals surface area (Å²) >= 11 is 0. The van der Waals surface area contributed by atoms with Crippen LogP contribution in [-0.2, 0) is 0 Å². The van der Waals surface area contributed by atoms with Gasteiger partial charge in [-0.05, 0) is 44.0 Å². The van der Waals surface area contributed by atoms with Crippen LogP contribution in [0.25, 0.3) is 0 Å². The minimum atomic E-state index is -0.192. The maximum absolute atomic E-state index is 13.2. The fourth-order valence-corrected chi connectivity index (χ4v) is 3.95. The van der Waals surface area contributed by atoms with Crippen molar-refractivity contribution in [2.45, 2.75) is 31.8 Å². The van der Waals surface area contributed by atoms with Gasteiger partial charge in [-0.25, -0.2) is 9.82 Å². The monoisotopic (exact) mass is 330 g/mol. The number of aryl methyl sites for hydroxylation is 1. The lowest BCUT2D eigenvalue weighted by molar-refractivity contribution is 0.204. The molecule has 6 heteroatoms. The van der Waals surface area contributed by atoms with Gasteiger partial charge in [0.1, 0.15) is 17.3 Å². The first-order chi connectivity index (χ1) is 11.7. The van der Waals surface area contributed by atoms with Gasteiger partial charge in [0.05, 0.1) is 12.1 Å². The third-order valence-electron chi connectivity index (χ3n) is 5.14. The van der Waals surface area contributed by atoms with Gasteiger partial charge in [-0.1, -0.05) is 17.3 Å². The molecule has 3 atom stereocenters. The molecule has 128 valence electrons. The molecule has 1 aromatic carbocycles. The van der Waals surface area contributed by atoms with E-state index in [2.05, 4.69) is 20.9 Å². The molecule has 1 aromatic heterocycles. The van der Waals surface area contributed by atoms with Gasteiger partial charge in [0, 0.05) is 25.1 Å². The van der Waals surface area contributed by atoms with Gasteiger partial charge < -0.3 is 4.52 Å². The van der Waals surface area contributed by atoms with E-state index in [0.717, 1.165) is 43.1 Å². The molecule has 5 nitrogen and oxygen atoms in total. The average Bonchev–Trinajstić information content (AvgIpc) is 3.30. The van der Waals surface area contributed by atoms with Crippen molar-refractivity contribution in [3.63, 3.8) is 0 Å². The smallest absolute Gasteiger partial charge is 0.133 e. The van der Waals surface area contributed by atoms with Crippen LogP contribution in [0.3, 0.4) is 0 Å². The van der Waals surface area contributed by atoms with E-state index < -0.39 is 0 Å². The van der Waals surface area contributed by atoms with E-state index in [4.69, 9.17) is 4.52 Å².